The Bertz CT molecular complexity index is 1170. The average Bonchev–Trinajstić information content (AvgIpc) is 2.67. The zero-order chi connectivity index (χ0) is 21.0. The second-order valence-corrected chi connectivity index (χ2v) is 8.63. The largest absolute Gasteiger partial charge is 0.322 e. The molecule has 9 heteroatoms. The third kappa shape index (κ3) is 5.33. The summed E-state index contributed by atoms with van der Waals surface area (Å²) >= 11 is 11.9. The minimum absolute atomic E-state index is 0.0522. The van der Waals surface area contributed by atoms with Gasteiger partial charge in [-0.2, -0.15) is 0 Å². The van der Waals surface area contributed by atoms with Crippen LogP contribution in [0.1, 0.15) is 15.9 Å². The molecule has 0 saturated heterocycles. The fraction of sp³-hybridized carbons (Fsp3) is 0.0500. The lowest BCUT2D eigenvalue weighted by Crippen LogP contribution is -2.24. The third-order valence-corrected chi connectivity index (χ3v) is 5.99. The summed E-state index contributed by atoms with van der Waals surface area (Å²) in [5.74, 6) is -1.65. The number of benzene rings is 3. The molecule has 2 N–H and O–H groups in total. The van der Waals surface area contributed by atoms with Crippen molar-refractivity contribution in [1.82, 2.24) is 4.72 Å². The Hall–Kier alpha value is -2.45. The van der Waals surface area contributed by atoms with Gasteiger partial charge < -0.3 is 5.32 Å². The van der Waals surface area contributed by atoms with Gasteiger partial charge in [-0.1, -0.05) is 47.5 Å². The first-order valence-corrected chi connectivity index (χ1v) is 10.6. The second-order valence-electron chi connectivity index (χ2n) is 6.02. The van der Waals surface area contributed by atoms with Gasteiger partial charge in [0.1, 0.15) is 5.82 Å². The summed E-state index contributed by atoms with van der Waals surface area (Å²) in [5, 5.41) is 3.29. The summed E-state index contributed by atoms with van der Waals surface area (Å²) < 4.78 is 41.7. The maximum absolute atomic E-state index is 14.2. The van der Waals surface area contributed by atoms with Gasteiger partial charge in [0.15, 0.2) is 0 Å². The zero-order valence-corrected chi connectivity index (χ0v) is 17.2. The van der Waals surface area contributed by atoms with E-state index in [1.54, 1.807) is 42.5 Å². The highest BCUT2D eigenvalue weighted by Gasteiger charge is 2.20. The van der Waals surface area contributed by atoms with Crippen molar-refractivity contribution in [2.45, 2.75) is 11.4 Å². The maximum atomic E-state index is 14.2. The van der Waals surface area contributed by atoms with E-state index in [0.717, 1.165) is 18.2 Å². The molecule has 150 valence electrons. The predicted molar refractivity (Wildman–Crippen MR) is 111 cm³/mol. The molecular weight excluding hydrogens is 438 g/mol. The van der Waals surface area contributed by atoms with E-state index in [2.05, 4.69) is 10.0 Å². The molecule has 1 amide bonds. The van der Waals surface area contributed by atoms with Crippen molar-refractivity contribution in [2.75, 3.05) is 5.32 Å². The standard InChI is InChI=1S/C20H15Cl2FN2O3S/c21-14-5-3-6-15(10-14)25-20(26)17-11-16(8-9-19(17)23)29(27,28)24-12-13-4-1-2-7-18(13)22/h1-11,24H,12H2,(H,25,26). The summed E-state index contributed by atoms with van der Waals surface area (Å²) in [6.45, 7) is -0.0522. The molecule has 0 atom stereocenters. The van der Waals surface area contributed by atoms with Crippen molar-refractivity contribution in [2.24, 2.45) is 0 Å². The molecule has 0 fully saturated rings. The van der Waals surface area contributed by atoms with Crippen LogP contribution in [0.15, 0.2) is 71.6 Å². The Morgan fingerprint density at radius 2 is 1.72 bits per heavy atom. The molecule has 0 aliphatic heterocycles. The smallest absolute Gasteiger partial charge is 0.258 e. The number of carbonyl (C=O) groups is 1. The summed E-state index contributed by atoms with van der Waals surface area (Å²) in [4.78, 5) is 12.2. The van der Waals surface area contributed by atoms with E-state index in [1.807, 2.05) is 0 Å². The minimum atomic E-state index is -4.00. The molecule has 0 heterocycles. The molecule has 0 radical (unpaired) electrons. The minimum Gasteiger partial charge on any atom is -0.322 e. The lowest BCUT2D eigenvalue weighted by atomic mass is 10.2. The molecule has 0 aliphatic rings. The van der Waals surface area contributed by atoms with Gasteiger partial charge in [0.05, 0.1) is 10.5 Å². The van der Waals surface area contributed by atoms with Crippen LogP contribution in [0.5, 0.6) is 0 Å². The number of halogens is 3. The van der Waals surface area contributed by atoms with Crippen LogP contribution in [0.25, 0.3) is 0 Å². The number of hydrogen-bond acceptors (Lipinski definition) is 3. The SMILES string of the molecule is O=C(Nc1cccc(Cl)c1)c1cc(S(=O)(=O)NCc2ccccc2Cl)ccc1F. The molecule has 5 nitrogen and oxygen atoms in total. The first kappa shape index (κ1) is 21.3. The number of anilines is 1. The van der Waals surface area contributed by atoms with E-state index in [9.17, 15) is 17.6 Å². The van der Waals surface area contributed by atoms with E-state index in [4.69, 9.17) is 23.2 Å². The van der Waals surface area contributed by atoms with Crippen molar-refractivity contribution in [3.63, 3.8) is 0 Å². The molecule has 0 aliphatic carbocycles. The fourth-order valence-electron chi connectivity index (χ4n) is 2.51. The molecule has 0 spiro atoms. The van der Waals surface area contributed by atoms with E-state index in [1.165, 1.54) is 6.07 Å². The summed E-state index contributed by atoms with van der Waals surface area (Å²) in [6, 6.07) is 16.1. The number of carbonyl (C=O) groups excluding carboxylic acids is 1. The highest BCUT2D eigenvalue weighted by molar-refractivity contribution is 7.89. The molecule has 0 unspecified atom stereocenters. The number of rotatable bonds is 6. The van der Waals surface area contributed by atoms with Crippen molar-refractivity contribution < 1.29 is 17.6 Å². The van der Waals surface area contributed by atoms with E-state index in [0.29, 0.717) is 21.3 Å². The van der Waals surface area contributed by atoms with Crippen LogP contribution in [0.4, 0.5) is 10.1 Å². The monoisotopic (exact) mass is 452 g/mol. The Balaban J connectivity index is 1.81. The first-order chi connectivity index (χ1) is 13.8. The van der Waals surface area contributed by atoms with E-state index < -0.39 is 27.3 Å². The molecule has 0 saturated carbocycles. The quantitative estimate of drug-likeness (QED) is 0.560. The molecule has 29 heavy (non-hydrogen) atoms. The molecule has 3 aromatic rings. The van der Waals surface area contributed by atoms with Gasteiger partial charge in [0.25, 0.3) is 5.91 Å². The van der Waals surface area contributed by atoms with Gasteiger partial charge in [-0.3, -0.25) is 4.79 Å². The number of sulfonamides is 1. The Morgan fingerprint density at radius 3 is 2.45 bits per heavy atom. The molecule has 0 bridgehead atoms. The van der Waals surface area contributed by atoms with Gasteiger partial charge in [0.2, 0.25) is 10.0 Å². The van der Waals surface area contributed by atoms with Crippen LogP contribution in [-0.2, 0) is 16.6 Å². The van der Waals surface area contributed by atoms with Crippen molar-refractivity contribution in [1.29, 1.82) is 0 Å². The first-order valence-electron chi connectivity index (χ1n) is 8.36. The summed E-state index contributed by atoms with van der Waals surface area (Å²) in [5.41, 5.74) is 0.524. The van der Waals surface area contributed by atoms with E-state index in [-0.39, 0.29) is 11.4 Å². The van der Waals surface area contributed by atoms with Gasteiger partial charge in [-0.05, 0) is 48.0 Å². The molecule has 3 aromatic carbocycles. The lowest BCUT2D eigenvalue weighted by Gasteiger charge is -2.11. The summed E-state index contributed by atoms with van der Waals surface area (Å²) in [7, 11) is -4.00. The van der Waals surface area contributed by atoms with Crippen molar-refractivity contribution in [3.05, 3.63) is 93.7 Å². The van der Waals surface area contributed by atoms with E-state index >= 15 is 0 Å². The number of hydrogen-bond donors (Lipinski definition) is 2. The Kier molecular flexibility index (Phi) is 6.54. The van der Waals surface area contributed by atoms with Gasteiger partial charge in [-0.25, -0.2) is 17.5 Å². The average molecular weight is 453 g/mol. The third-order valence-electron chi connectivity index (χ3n) is 3.99. The number of amides is 1. The number of nitrogens with one attached hydrogen (secondary N) is 2. The van der Waals surface area contributed by atoms with Crippen molar-refractivity contribution >= 4 is 44.8 Å². The van der Waals surface area contributed by atoms with Crippen LogP contribution < -0.4 is 10.0 Å². The van der Waals surface area contributed by atoms with Crippen LogP contribution in [-0.4, -0.2) is 14.3 Å². The van der Waals surface area contributed by atoms with Crippen molar-refractivity contribution in [3.8, 4) is 0 Å². The highest BCUT2D eigenvalue weighted by atomic mass is 35.5. The Labute approximate surface area is 177 Å². The predicted octanol–water partition coefficient (Wildman–Crippen LogP) is 4.86. The van der Waals surface area contributed by atoms with Gasteiger partial charge in [-0.15, -0.1) is 0 Å². The lowest BCUT2D eigenvalue weighted by molar-refractivity contribution is 0.102. The molecule has 3 rings (SSSR count). The molecular formula is C20H15Cl2FN2O3S. The maximum Gasteiger partial charge on any atom is 0.258 e. The second kappa shape index (κ2) is 8.92. The van der Waals surface area contributed by atoms with Gasteiger partial charge >= 0.3 is 0 Å². The highest BCUT2D eigenvalue weighted by Crippen LogP contribution is 2.20. The van der Waals surface area contributed by atoms with Crippen LogP contribution in [0, 0.1) is 5.82 Å². The summed E-state index contributed by atoms with van der Waals surface area (Å²) in [6.07, 6.45) is 0. The topological polar surface area (TPSA) is 75.3 Å². The van der Waals surface area contributed by atoms with Crippen LogP contribution in [0.2, 0.25) is 10.0 Å². The normalized spacial score (nSPS) is 11.3. The fourth-order valence-corrected chi connectivity index (χ4v) is 3.93. The van der Waals surface area contributed by atoms with Gasteiger partial charge in [0, 0.05) is 22.3 Å². The van der Waals surface area contributed by atoms with Crippen LogP contribution in [0.3, 0.4) is 0 Å². The zero-order valence-electron chi connectivity index (χ0n) is 14.8. The Morgan fingerprint density at radius 1 is 0.966 bits per heavy atom. The molecule has 0 aromatic heterocycles. The van der Waals surface area contributed by atoms with Crippen LogP contribution >= 0.6 is 23.2 Å².